The summed E-state index contributed by atoms with van der Waals surface area (Å²) in [6.07, 6.45) is 0. The second-order valence-electron chi connectivity index (χ2n) is 4.43. The molecule has 3 rings (SSSR count). The van der Waals surface area contributed by atoms with Gasteiger partial charge in [-0.25, -0.2) is 9.78 Å². The second-order valence-corrected chi connectivity index (χ2v) is 4.43. The van der Waals surface area contributed by atoms with E-state index in [4.69, 9.17) is 4.42 Å². The van der Waals surface area contributed by atoms with Crippen LogP contribution in [0.15, 0.2) is 22.6 Å². The van der Waals surface area contributed by atoms with Crippen LogP contribution in [0.2, 0.25) is 0 Å². The number of carbonyl (C=O) groups excluding carboxylic acids is 1. The predicted molar refractivity (Wildman–Crippen MR) is 76.8 cm³/mol. The van der Waals surface area contributed by atoms with Crippen LogP contribution in [0, 0.1) is 6.92 Å². The number of aryl methyl sites for hydroxylation is 1. The maximum absolute atomic E-state index is 11.5. The fraction of sp³-hybridized carbons (Fsp3) is 0.231. The highest BCUT2D eigenvalue weighted by atomic mass is 16.4. The standard InChI is InChI=1S/C13H14N6O2/c1-3-14-13(20)17-12-15-9-5-4-8(6-10(9)16-12)11-19-18-7(2)21-11/h4-6H,3H2,1-2H3,(H3,14,15,16,17,20). The Balaban J connectivity index is 1.90. The van der Waals surface area contributed by atoms with Gasteiger partial charge in [0.2, 0.25) is 17.7 Å². The zero-order valence-corrected chi connectivity index (χ0v) is 11.6. The number of hydrogen-bond acceptors (Lipinski definition) is 5. The monoisotopic (exact) mass is 286 g/mol. The van der Waals surface area contributed by atoms with E-state index in [0.29, 0.717) is 24.3 Å². The number of aromatic nitrogens is 4. The van der Waals surface area contributed by atoms with E-state index in [1.807, 2.05) is 25.1 Å². The first-order valence-corrected chi connectivity index (χ1v) is 6.51. The summed E-state index contributed by atoms with van der Waals surface area (Å²) in [6, 6.07) is 5.21. The topological polar surface area (TPSA) is 109 Å². The van der Waals surface area contributed by atoms with E-state index in [2.05, 4.69) is 30.8 Å². The Morgan fingerprint density at radius 1 is 1.38 bits per heavy atom. The summed E-state index contributed by atoms with van der Waals surface area (Å²) in [4.78, 5) is 18.8. The molecule has 0 radical (unpaired) electrons. The number of fused-ring (bicyclic) bond motifs is 1. The molecule has 8 heteroatoms. The molecule has 2 aromatic heterocycles. The Morgan fingerprint density at radius 3 is 2.95 bits per heavy atom. The van der Waals surface area contributed by atoms with E-state index in [-0.39, 0.29) is 6.03 Å². The molecule has 0 aliphatic rings. The molecule has 21 heavy (non-hydrogen) atoms. The minimum absolute atomic E-state index is 0.302. The Labute approximate surface area is 120 Å². The van der Waals surface area contributed by atoms with E-state index >= 15 is 0 Å². The fourth-order valence-corrected chi connectivity index (χ4v) is 1.93. The lowest BCUT2D eigenvalue weighted by molar-refractivity contribution is 0.252. The van der Waals surface area contributed by atoms with Crippen LogP contribution >= 0.6 is 0 Å². The molecular formula is C13H14N6O2. The summed E-state index contributed by atoms with van der Waals surface area (Å²) < 4.78 is 5.39. The summed E-state index contributed by atoms with van der Waals surface area (Å²) in [5.74, 6) is 1.34. The second kappa shape index (κ2) is 5.23. The van der Waals surface area contributed by atoms with Crippen molar-refractivity contribution in [1.82, 2.24) is 25.5 Å². The number of nitrogens with zero attached hydrogens (tertiary/aromatic N) is 3. The third kappa shape index (κ3) is 2.69. The molecule has 0 aliphatic heterocycles. The first kappa shape index (κ1) is 13.1. The van der Waals surface area contributed by atoms with Gasteiger partial charge in [-0.2, -0.15) is 0 Å². The van der Waals surface area contributed by atoms with Gasteiger partial charge in [0.05, 0.1) is 11.0 Å². The molecule has 0 spiro atoms. The predicted octanol–water partition coefficient (Wildman–Crippen LogP) is 2.06. The van der Waals surface area contributed by atoms with Crippen molar-refractivity contribution in [2.24, 2.45) is 0 Å². The summed E-state index contributed by atoms with van der Waals surface area (Å²) in [6.45, 7) is 4.13. The highest BCUT2D eigenvalue weighted by Gasteiger charge is 2.10. The average Bonchev–Trinajstić information content (AvgIpc) is 3.03. The molecule has 0 fully saturated rings. The van der Waals surface area contributed by atoms with Gasteiger partial charge in [0, 0.05) is 19.0 Å². The molecule has 0 atom stereocenters. The summed E-state index contributed by atoms with van der Waals surface area (Å²) in [5, 5.41) is 13.0. The average molecular weight is 286 g/mol. The van der Waals surface area contributed by atoms with Crippen molar-refractivity contribution >= 4 is 23.0 Å². The van der Waals surface area contributed by atoms with E-state index in [1.165, 1.54) is 0 Å². The number of rotatable bonds is 3. The lowest BCUT2D eigenvalue weighted by Crippen LogP contribution is -2.28. The molecule has 3 N–H and O–H groups in total. The van der Waals surface area contributed by atoms with Crippen LogP contribution in [0.25, 0.3) is 22.5 Å². The molecular weight excluding hydrogens is 272 g/mol. The highest BCUT2D eigenvalue weighted by molar-refractivity contribution is 5.90. The minimum Gasteiger partial charge on any atom is -0.421 e. The molecule has 2 heterocycles. The van der Waals surface area contributed by atoms with Crippen molar-refractivity contribution in [1.29, 1.82) is 0 Å². The van der Waals surface area contributed by atoms with Crippen LogP contribution in [-0.2, 0) is 0 Å². The van der Waals surface area contributed by atoms with Crippen molar-refractivity contribution in [3.63, 3.8) is 0 Å². The summed E-state index contributed by atoms with van der Waals surface area (Å²) in [7, 11) is 0. The number of aromatic amines is 1. The summed E-state index contributed by atoms with van der Waals surface area (Å²) >= 11 is 0. The fourth-order valence-electron chi connectivity index (χ4n) is 1.93. The molecule has 1 aromatic carbocycles. The third-order valence-corrected chi connectivity index (χ3v) is 2.82. The lowest BCUT2D eigenvalue weighted by atomic mass is 10.2. The first-order valence-electron chi connectivity index (χ1n) is 6.51. The first-order chi connectivity index (χ1) is 10.2. The number of benzene rings is 1. The Morgan fingerprint density at radius 2 is 2.24 bits per heavy atom. The molecule has 3 aromatic rings. The van der Waals surface area contributed by atoms with E-state index in [0.717, 1.165) is 16.6 Å². The van der Waals surface area contributed by atoms with Crippen LogP contribution in [0.1, 0.15) is 12.8 Å². The van der Waals surface area contributed by atoms with Crippen LogP contribution in [0.4, 0.5) is 10.7 Å². The van der Waals surface area contributed by atoms with Gasteiger partial charge in [0.15, 0.2) is 0 Å². The number of hydrogen-bond donors (Lipinski definition) is 3. The molecule has 8 nitrogen and oxygen atoms in total. The molecule has 0 unspecified atom stereocenters. The van der Waals surface area contributed by atoms with Gasteiger partial charge in [-0.3, -0.25) is 5.32 Å². The molecule has 2 amide bonds. The minimum atomic E-state index is -0.302. The van der Waals surface area contributed by atoms with Gasteiger partial charge in [-0.15, -0.1) is 10.2 Å². The van der Waals surface area contributed by atoms with Gasteiger partial charge in [-0.05, 0) is 25.1 Å². The Hall–Kier alpha value is -2.90. The van der Waals surface area contributed by atoms with Crippen LogP contribution in [-0.4, -0.2) is 32.7 Å². The van der Waals surface area contributed by atoms with Crippen molar-refractivity contribution in [3.8, 4) is 11.5 Å². The molecule has 0 aliphatic carbocycles. The number of nitrogens with one attached hydrogen (secondary N) is 3. The number of carbonyl (C=O) groups is 1. The quantitative estimate of drug-likeness (QED) is 0.683. The molecule has 0 saturated carbocycles. The largest absolute Gasteiger partial charge is 0.421 e. The van der Waals surface area contributed by atoms with Crippen molar-refractivity contribution in [2.45, 2.75) is 13.8 Å². The lowest BCUT2D eigenvalue weighted by Gasteiger charge is -2.00. The molecule has 108 valence electrons. The van der Waals surface area contributed by atoms with Gasteiger partial charge >= 0.3 is 6.03 Å². The summed E-state index contributed by atoms with van der Waals surface area (Å²) in [5.41, 5.74) is 2.30. The van der Waals surface area contributed by atoms with E-state index in [9.17, 15) is 4.79 Å². The Kier molecular flexibility index (Phi) is 3.27. The number of anilines is 1. The smallest absolute Gasteiger partial charge is 0.321 e. The van der Waals surface area contributed by atoms with E-state index < -0.39 is 0 Å². The Bertz CT molecular complexity index is 791. The maximum Gasteiger partial charge on any atom is 0.321 e. The maximum atomic E-state index is 11.5. The highest BCUT2D eigenvalue weighted by Crippen LogP contribution is 2.23. The van der Waals surface area contributed by atoms with Gasteiger partial charge in [0.25, 0.3) is 0 Å². The van der Waals surface area contributed by atoms with Crippen molar-refractivity contribution < 1.29 is 9.21 Å². The van der Waals surface area contributed by atoms with Crippen LogP contribution in [0.3, 0.4) is 0 Å². The SMILES string of the molecule is CCNC(=O)Nc1nc2ccc(-c3nnc(C)o3)cc2[nH]1. The number of urea groups is 1. The number of amides is 2. The molecule has 0 saturated heterocycles. The van der Waals surface area contributed by atoms with Crippen molar-refractivity contribution in [3.05, 3.63) is 24.1 Å². The van der Waals surface area contributed by atoms with Crippen molar-refractivity contribution in [2.75, 3.05) is 11.9 Å². The zero-order chi connectivity index (χ0) is 14.8. The van der Waals surface area contributed by atoms with Gasteiger partial charge < -0.3 is 14.7 Å². The normalized spacial score (nSPS) is 10.8. The van der Waals surface area contributed by atoms with Gasteiger partial charge in [0.1, 0.15) is 0 Å². The number of H-pyrrole nitrogens is 1. The van der Waals surface area contributed by atoms with E-state index in [1.54, 1.807) is 6.92 Å². The van der Waals surface area contributed by atoms with Crippen LogP contribution in [0.5, 0.6) is 0 Å². The van der Waals surface area contributed by atoms with Gasteiger partial charge in [-0.1, -0.05) is 0 Å². The number of imidazole rings is 1. The molecule has 0 bridgehead atoms. The third-order valence-electron chi connectivity index (χ3n) is 2.82. The zero-order valence-electron chi connectivity index (χ0n) is 11.6. The van der Waals surface area contributed by atoms with Crippen LogP contribution < -0.4 is 10.6 Å².